The zero-order valence-corrected chi connectivity index (χ0v) is 18.6. The van der Waals surface area contributed by atoms with Gasteiger partial charge in [0.15, 0.2) is 0 Å². The van der Waals surface area contributed by atoms with Crippen molar-refractivity contribution in [2.24, 2.45) is 0 Å². The van der Waals surface area contributed by atoms with Crippen LogP contribution in [0.3, 0.4) is 0 Å². The number of hydrogen-bond acceptors (Lipinski definition) is 4. The van der Waals surface area contributed by atoms with Gasteiger partial charge in [0.05, 0.1) is 10.6 Å². The first-order valence-corrected chi connectivity index (χ1v) is 11.5. The molecular weight excluding hydrogens is 421 g/mol. The number of nitrogens with one attached hydrogen (secondary N) is 2. The van der Waals surface area contributed by atoms with Crippen molar-refractivity contribution in [2.75, 3.05) is 18.4 Å². The van der Waals surface area contributed by atoms with Crippen LogP contribution in [0.4, 0.5) is 10.1 Å². The number of halogens is 1. The Kier molecular flexibility index (Phi) is 6.76. The summed E-state index contributed by atoms with van der Waals surface area (Å²) in [7, 11) is -3.76. The molecule has 0 bridgehead atoms. The van der Waals surface area contributed by atoms with Crippen molar-refractivity contribution in [3.63, 3.8) is 0 Å². The van der Waals surface area contributed by atoms with Gasteiger partial charge in [-0.2, -0.15) is 4.31 Å². The Hall–Kier alpha value is -2.78. The molecule has 3 rings (SSSR count). The number of rotatable bonds is 5. The largest absolute Gasteiger partial charge is 0.346 e. The van der Waals surface area contributed by atoms with Gasteiger partial charge in [-0.05, 0) is 56.9 Å². The molecule has 0 aromatic heterocycles. The van der Waals surface area contributed by atoms with Crippen LogP contribution in [0.5, 0.6) is 0 Å². The van der Waals surface area contributed by atoms with Gasteiger partial charge in [-0.3, -0.25) is 9.59 Å². The second-order valence-corrected chi connectivity index (χ2v) is 9.61. The van der Waals surface area contributed by atoms with E-state index in [-0.39, 0.29) is 17.1 Å². The first-order valence-electron chi connectivity index (χ1n) is 10.0. The predicted octanol–water partition coefficient (Wildman–Crippen LogP) is 2.66. The highest BCUT2D eigenvalue weighted by Crippen LogP contribution is 2.30. The number of aryl methyl sites for hydroxylation is 3. The van der Waals surface area contributed by atoms with E-state index in [9.17, 15) is 22.4 Å². The van der Waals surface area contributed by atoms with Crippen molar-refractivity contribution in [1.82, 2.24) is 9.62 Å². The number of nitrogens with zero attached hydrogens (tertiary/aromatic N) is 1. The van der Waals surface area contributed by atoms with E-state index >= 15 is 0 Å². The highest BCUT2D eigenvalue weighted by atomic mass is 32.2. The van der Waals surface area contributed by atoms with Crippen LogP contribution in [0.25, 0.3) is 0 Å². The minimum absolute atomic E-state index is 0.00723. The summed E-state index contributed by atoms with van der Waals surface area (Å²) in [4.78, 5) is 24.5. The highest BCUT2D eigenvalue weighted by Gasteiger charge is 2.37. The quantitative estimate of drug-likeness (QED) is 0.689. The number of hydrogen-bond donors (Lipinski definition) is 2. The molecule has 7 nitrogen and oxygen atoms in total. The molecule has 1 heterocycles. The average Bonchev–Trinajstić information content (AvgIpc) is 3.16. The first-order chi connectivity index (χ1) is 14.6. The zero-order chi connectivity index (χ0) is 22.8. The first kappa shape index (κ1) is 22.9. The number of para-hydroxylation sites is 1. The van der Waals surface area contributed by atoms with Gasteiger partial charge in [0.2, 0.25) is 10.0 Å². The second-order valence-electron chi connectivity index (χ2n) is 7.78. The number of carbonyl (C=O) groups excluding carboxylic acids is 2. The molecule has 9 heteroatoms. The molecule has 2 N–H and O–H groups in total. The van der Waals surface area contributed by atoms with E-state index in [4.69, 9.17) is 0 Å². The molecule has 31 heavy (non-hydrogen) atoms. The van der Waals surface area contributed by atoms with E-state index in [1.165, 1.54) is 28.6 Å². The average molecular weight is 448 g/mol. The third kappa shape index (κ3) is 4.94. The maximum absolute atomic E-state index is 13.7. The Balaban J connectivity index is 1.69. The van der Waals surface area contributed by atoms with Gasteiger partial charge in [0, 0.05) is 19.1 Å². The lowest BCUT2D eigenvalue weighted by Gasteiger charge is -2.26. The molecule has 0 radical (unpaired) electrons. The third-order valence-corrected chi connectivity index (χ3v) is 7.58. The zero-order valence-electron chi connectivity index (χ0n) is 17.7. The fourth-order valence-corrected chi connectivity index (χ4v) is 6.16. The van der Waals surface area contributed by atoms with Crippen LogP contribution >= 0.6 is 0 Å². The summed E-state index contributed by atoms with van der Waals surface area (Å²) in [6, 6.07) is 8.72. The summed E-state index contributed by atoms with van der Waals surface area (Å²) >= 11 is 0. The van der Waals surface area contributed by atoms with Crippen molar-refractivity contribution < 1.29 is 22.4 Å². The van der Waals surface area contributed by atoms with Crippen molar-refractivity contribution in [3.05, 3.63) is 58.9 Å². The Morgan fingerprint density at radius 2 is 1.74 bits per heavy atom. The van der Waals surface area contributed by atoms with Crippen LogP contribution in [0.15, 0.2) is 41.3 Å². The number of anilines is 1. The van der Waals surface area contributed by atoms with E-state index < -0.39 is 33.7 Å². The third-order valence-electron chi connectivity index (χ3n) is 5.32. The van der Waals surface area contributed by atoms with Crippen LogP contribution in [0.2, 0.25) is 0 Å². The molecule has 1 aliphatic heterocycles. The van der Waals surface area contributed by atoms with Crippen molar-refractivity contribution >= 4 is 27.5 Å². The molecular formula is C22H26FN3O4S. The molecule has 1 fully saturated rings. The predicted molar refractivity (Wildman–Crippen MR) is 116 cm³/mol. The van der Waals surface area contributed by atoms with E-state index in [0.717, 1.165) is 5.56 Å². The van der Waals surface area contributed by atoms with Gasteiger partial charge in [-0.25, -0.2) is 12.8 Å². The highest BCUT2D eigenvalue weighted by molar-refractivity contribution is 7.89. The maximum atomic E-state index is 13.7. The van der Waals surface area contributed by atoms with Crippen LogP contribution in [-0.2, 0) is 19.6 Å². The molecule has 0 spiro atoms. The standard InChI is InChI=1S/C22H26FN3O4S/c1-14-11-15(2)20(16(3)12-14)31(29,30)26-10-6-7-17(26)13-24-21(27)22(28)25-19-9-5-4-8-18(19)23/h4-5,8-9,11-12,17H,6-7,10,13H2,1-3H3,(H,24,27)(H,25,28)/t17-/m1/s1. The van der Waals surface area contributed by atoms with Crippen molar-refractivity contribution in [2.45, 2.75) is 44.6 Å². The number of sulfonamides is 1. The van der Waals surface area contributed by atoms with Gasteiger partial charge in [0.25, 0.3) is 0 Å². The van der Waals surface area contributed by atoms with Gasteiger partial charge in [-0.1, -0.05) is 29.8 Å². The molecule has 2 amide bonds. The molecule has 2 aromatic rings. The van der Waals surface area contributed by atoms with Crippen molar-refractivity contribution in [3.8, 4) is 0 Å². The van der Waals surface area contributed by atoms with Crippen LogP contribution in [0, 0.1) is 26.6 Å². The molecule has 1 atom stereocenters. The fourth-order valence-electron chi connectivity index (χ4n) is 4.05. The van der Waals surface area contributed by atoms with Gasteiger partial charge in [-0.15, -0.1) is 0 Å². The topological polar surface area (TPSA) is 95.6 Å². The Bertz CT molecular complexity index is 1090. The smallest absolute Gasteiger partial charge is 0.313 e. The van der Waals surface area contributed by atoms with Gasteiger partial charge >= 0.3 is 11.8 Å². The molecule has 166 valence electrons. The molecule has 2 aromatic carbocycles. The normalized spacial score (nSPS) is 16.8. The summed E-state index contributed by atoms with van der Waals surface area (Å²) < 4.78 is 41.7. The lowest BCUT2D eigenvalue weighted by molar-refractivity contribution is -0.136. The van der Waals surface area contributed by atoms with Crippen LogP contribution in [-0.4, -0.2) is 43.7 Å². The minimum atomic E-state index is -3.76. The number of carbonyl (C=O) groups is 2. The number of amides is 2. The van der Waals surface area contributed by atoms with E-state index in [1.807, 2.05) is 19.1 Å². The Labute approximate surface area is 181 Å². The fraction of sp³-hybridized carbons (Fsp3) is 0.364. The molecule has 0 unspecified atom stereocenters. The minimum Gasteiger partial charge on any atom is -0.346 e. The summed E-state index contributed by atoms with van der Waals surface area (Å²) in [6.07, 6.45) is 1.23. The molecule has 1 saturated heterocycles. The van der Waals surface area contributed by atoms with E-state index in [1.54, 1.807) is 13.8 Å². The Morgan fingerprint density at radius 3 is 2.39 bits per heavy atom. The molecule has 0 aliphatic carbocycles. The summed E-state index contributed by atoms with van der Waals surface area (Å²) in [5.41, 5.74) is 2.24. The Morgan fingerprint density at radius 1 is 1.10 bits per heavy atom. The monoisotopic (exact) mass is 447 g/mol. The molecule has 1 aliphatic rings. The molecule has 0 saturated carbocycles. The van der Waals surface area contributed by atoms with Crippen LogP contribution < -0.4 is 10.6 Å². The van der Waals surface area contributed by atoms with E-state index in [2.05, 4.69) is 10.6 Å². The maximum Gasteiger partial charge on any atom is 0.313 e. The summed E-state index contributed by atoms with van der Waals surface area (Å²) in [6.45, 7) is 5.79. The van der Waals surface area contributed by atoms with Crippen LogP contribution in [0.1, 0.15) is 29.5 Å². The second kappa shape index (κ2) is 9.15. The summed E-state index contributed by atoms with van der Waals surface area (Å²) in [5, 5.41) is 4.69. The lowest BCUT2D eigenvalue weighted by atomic mass is 10.1. The van der Waals surface area contributed by atoms with Crippen molar-refractivity contribution in [1.29, 1.82) is 0 Å². The summed E-state index contributed by atoms with van der Waals surface area (Å²) in [5.74, 6) is -2.61. The van der Waals surface area contributed by atoms with Gasteiger partial charge < -0.3 is 10.6 Å². The van der Waals surface area contributed by atoms with E-state index in [0.29, 0.717) is 30.5 Å². The number of benzene rings is 2. The van der Waals surface area contributed by atoms with Gasteiger partial charge in [0.1, 0.15) is 5.82 Å². The SMILES string of the molecule is Cc1cc(C)c(S(=O)(=O)N2CCC[C@@H]2CNC(=O)C(=O)Nc2ccccc2F)c(C)c1. The lowest BCUT2D eigenvalue weighted by Crippen LogP contribution is -2.45.